The summed E-state index contributed by atoms with van der Waals surface area (Å²) >= 11 is 6.25. The number of hydrogen-bond acceptors (Lipinski definition) is 44. The third-order valence-corrected chi connectivity index (χ3v) is 7.30. The van der Waals surface area contributed by atoms with Gasteiger partial charge in [-0.05, 0) is 63.6 Å². The van der Waals surface area contributed by atoms with Crippen LogP contribution in [0.4, 0.5) is 0 Å². The fraction of sp³-hybridized carbons (Fsp3) is 0.409. The number of quaternary nitrogens is 1. The molecule has 0 saturated carbocycles. The Morgan fingerprint density at radius 2 is 1.04 bits per heavy atom. The average molecular weight is 1180 g/mol. The minimum atomic E-state index is -0.182. The van der Waals surface area contributed by atoms with E-state index in [1.54, 1.807) is 7.11 Å². The molecule has 0 bridgehead atoms. The molecule has 0 fully saturated rings. The first-order chi connectivity index (χ1) is 33.8. The molecular formula is C22H26BClINO44. The van der Waals surface area contributed by atoms with E-state index in [4.69, 9.17) is 31.1 Å². The van der Waals surface area contributed by atoms with Gasteiger partial charge in [-0.3, -0.25) is 4.79 Å². The number of benzene rings is 2. The molecule has 1 N–H and O–H groups in total. The van der Waals surface area contributed by atoms with Crippen molar-refractivity contribution in [1.29, 1.82) is 0 Å². The van der Waals surface area contributed by atoms with Gasteiger partial charge < -0.3 is 42.7 Å². The molecule has 1 unspecified atom stereocenters. The van der Waals surface area contributed by atoms with E-state index in [9.17, 15) is 9.50 Å². The molecule has 0 radical (unpaired) electrons. The number of likely N-dealkylation sites (N-methyl/N-ethyl adjacent to an activating group) is 1. The summed E-state index contributed by atoms with van der Waals surface area (Å²) in [7, 11) is 5.80. The van der Waals surface area contributed by atoms with Crippen LogP contribution in [-0.4, -0.2) is 57.4 Å². The molecule has 2 aromatic carbocycles. The minimum absolute atomic E-state index is 0. The van der Waals surface area contributed by atoms with Crippen LogP contribution in [0, 0.1) is 0 Å². The second-order valence-electron chi connectivity index (χ2n) is 10.7. The zero-order valence-corrected chi connectivity index (χ0v) is 36.7. The second kappa shape index (κ2) is 41.1. The van der Waals surface area contributed by atoms with Gasteiger partial charge in [-0.1, -0.05) is 29.8 Å². The van der Waals surface area contributed by atoms with Gasteiger partial charge in [-0.15, -0.1) is 0 Å². The van der Waals surface area contributed by atoms with Crippen LogP contribution in [-0.2, 0) is 214 Å². The number of methoxy groups -OCH3 is 1. The van der Waals surface area contributed by atoms with Crippen molar-refractivity contribution in [3.05, 3.63) is 52.0 Å². The third-order valence-electron chi connectivity index (χ3n) is 6.93. The maximum atomic E-state index is 13.0. The van der Waals surface area contributed by atoms with Gasteiger partial charge in [-0.2, -0.15) is 0 Å². The van der Waals surface area contributed by atoms with Gasteiger partial charge in [0.1, 0.15) is 11.8 Å². The summed E-state index contributed by atoms with van der Waals surface area (Å²) in [6.07, 6.45) is 1.66. The van der Waals surface area contributed by atoms with Gasteiger partial charge in [0.2, 0.25) is 12.5 Å². The molecule has 0 spiro atoms. The van der Waals surface area contributed by atoms with Gasteiger partial charge in [0.25, 0.3) is 0 Å². The molecule has 0 saturated heterocycles. The predicted octanol–water partition coefficient (Wildman–Crippen LogP) is -2.13. The summed E-state index contributed by atoms with van der Waals surface area (Å²) < 4.78 is 27.3. The molecule has 2 aliphatic heterocycles. The topological polar surface area (TPSA) is 433 Å². The van der Waals surface area contributed by atoms with Crippen LogP contribution in [0.2, 0.25) is 5.02 Å². The van der Waals surface area contributed by atoms with Crippen molar-refractivity contribution in [3.63, 3.8) is 0 Å². The molecule has 4 rings (SSSR count). The van der Waals surface area contributed by atoms with Crippen molar-refractivity contribution in [2.45, 2.75) is 25.3 Å². The van der Waals surface area contributed by atoms with Crippen LogP contribution < -0.4 is 38.2 Å². The van der Waals surface area contributed by atoms with Gasteiger partial charge in [-0.25, -0.2) is 5.26 Å². The number of Topliss-reactive ketones (excluding diaryl/α,β-unsaturated/α-hetero) is 1. The molecule has 0 amide bonds. The average Bonchev–Trinajstić information content (AvgIpc) is 3.82. The number of ketones is 1. The van der Waals surface area contributed by atoms with Crippen molar-refractivity contribution in [2.24, 2.45) is 0 Å². The number of hydrogen-bond donors (Lipinski definition) is 1. The Hall–Kier alpha value is -3.37. The Morgan fingerprint density at radius 3 is 1.43 bits per heavy atom. The minimum Gasteiger partial charge on any atom is -1.00 e. The van der Waals surface area contributed by atoms with E-state index in [0.717, 1.165) is 34.3 Å². The van der Waals surface area contributed by atoms with Gasteiger partial charge in [0, 0.05) is 109 Å². The predicted molar refractivity (Wildman–Crippen MR) is 158 cm³/mol. The zero-order valence-electron chi connectivity index (χ0n) is 33.8. The van der Waals surface area contributed by atoms with E-state index in [-0.39, 0.29) is 49.9 Å². The van der Waals surface area contributed by atoms with Crippen molar-refractivity contribution in [1.82, 2.24) is 0 Å². The molecule has 400 valence electrons. The van der Waals surface area contributed by atoms with Crippen molar-refractivity contribution >= 4 is 24.7 Å². The fourth-order valence-corrected chi connectivity index (χ4v) is 4.89. The number of nitrogens with zero attached hydrogens (tertiary/aromatic N) is 1. The molecule has 1 atom stereocenters. The molecule has 2 aromatic rings. The van der Waals surface area contributed by atoms with Crippen LogP contribution in [0.5, 0.6) is 17.2 Å². The molecule has 48 heteroatoms. The number of ether oxygens (including phenoxy) is 3. The number of fused-ring (bicyclic) bond motifs is 2. The summed E-state index contributed by atoms with van der Waals surface area (Å²) in [5.41, 5.74) is 3.11. The Balaban J connectivity index is 0.000000501. The van der Waals surface area contributed by atoms with E-state index in [1.165, 1.54) is 5.56 Å². The standard InChI is InChI=1S/C22H25ClNO4.BHO40.HI/c1-24(2)9-8-15-11-19-21(28-13-27-19)22(26-3)20(15)18(24)12-16(25)10-14-6-4-5-7-17(14)23;2-1-4-6-8-10-12-14-16-18-20-22-24-26-28-30-32-34-36-38-40-41-39-37-35-33-31-29-27-25-23-21-19-17-15-13-11-9-7-5-3;/h4-7,11,18H,8-10,12-13H2,1-3H3;3H;1H/q+1;;/p-1. The van der Waals surface area contributed by atoms with Gasteiger partial charge in [0.05, 0.1) is 39.7 Å². The monoisotopic (exact) mass is 1180 g/mol. The van der Waals surface area contributed by atoms with Crippen molar-refractivity contribution < 1.29 is 249 Å². The number of carbonyl (C=O) groups is 1. The Labute approximate surface area is 402 Å². The first kappa shape index (κ1) is 62.8. The van der Waals surface area contributed by atoms with E-state index in [0.29, 0.717) is 29.4 Å². The van der Waals surface area contributed by atoms with E-state index >= 15 is 0 Å². The normalized spacial score (nSPS) is 14.3. The van der Waals surface area contributed by atoms with E-state index < -0.39 is 0 Å². The molecule has 70 heavy (non-hydrogen) atoms. The van der Waals surface area contributed by atoms with Crippen LogP contribution in [0.25, 0.3) is 0 Å². The quantitative estimate of drug-likeness (QED) is 0.0185. The number of halogens is 2. The number of carbonyl (C=O) groups excluding carboxylic acids is 1. The molecular weight excluding hydrogens is 1160 g/mol. The SMILES string of the molecule is COc1c2c(cc3c1C(CC(=O)Cc1ccccc1Cl)[N+](C)(C)CC3)OCO2.O=BOOOOOOOOOOOOOOOOOOOOOOOOOOOOOOOOOOOOOOO.[I-]. The molecule has 2 aliphatic rings. The van der Waals surface area contributed by atoms with Crippen LogP contribution >= 0.6 is 11.6 Å². The van der Waals surface area contributed by atoms with Crippen molar-refractivity contribution in [2.75, 3.05) is 34.5 Å². The summed E-state index contributed by atoms with van der Waals surface area (Å²) in [4.78, 5) is 16.5. The molecule has 45 nitrogen and oxygen atoms in total. The number of rotatable bonds is 43. The molecule has 0 aromatic heterocycles. The Kier molecular flexibility index (Phi) is 36.9. The van der Waals surface area contributed by atoms with Crippen LogP contribution in [0.3, 0.4) is 0 Å². The summed E-state index contributed by atoms with van der Waals surface area (Å²) in [6, 6.07) is 9.56. The first-order valence-electron chi connectivity index (χ1n) is 16.3. The Morgan fingerprint density at radius 1 is 0.643 bits per heavy atom. The Bertz CT molecular complexity index is 1640. The summed E-state index contributed by atoms with van der Waals surface area (Å²) in [5.74, 6) is 2.24. The first-order valence-corrected chi connectivity index (χ1v) is 16.7. The molecule has 0 aliphatic carbocycles. The van der Waals surface area contributed by atoms with Gasteiger partial charge in [0.15, 0.2) is 11.5 Å². The van der Waals surface area contributed by atoms with E-state index in [2.05, 4.69) is 205 Å². The van der Waals surface area contributed by atoms with Crippen LogP contribution in [0.15, 0.2) is 30.3 Å². The maximum absolute atomic E-state index is 13.0. The van der Waals surface area contributed by atoms with Gasteiger partial charge >= 0.3 is 72.3 Å². The second-order valence-corrected chi connectivity index (χ2v) is 11.1. The fourth-order valence-electron chi connectivity index (χ4n) is 4.69. The smallest absolute Gasteiger partial charge is 1.00 e. The zero-order chi connectivity index (χ0) is 49.5. The summed E-state index contributed by atoms with van der Waals surface area (Å²) in [6.45, 7) is 1.14. The van der Waals surface area contributed by atoms with Crippen LogP contribution in [0.1, 0.15) is 29.2 Å². The van der Waals surface area contributed by atoms with E-state index in [1.807, 2.05) is 30.3 Å². The third kappa shape index (κ3) is 27.5. The van der Waals surface area contributed by atoms with Crippen molar-refractivity contribution in [3.8, 4) is 17.2 Å². The summed E-state index contributed by atoms with van der Waals surface area (Å²) in [5, 5.41) is 136. The molecule has 2 heterocycles.